The first-order valence-corrected chi connectivity index (χ1v) is 6.57. The number of carbonyl (C=O) groups is 1. The summed E-state index contributed by atoms with van der Waals surface area (Å²) in [5.41, 5.74) is -0.244. The van der Waals surface area contributed by atoms with Crippen LogP contribution in [0.1, 0.15) is 40.5 Å². The lowest BCUT2D eigenvalue weighted by Crippen LogP contribution is -2.49. The number of carbonyl (C=O) groups excluding carboxylic acids is 1. The van der Waals surface area contributed by atoms with E-state index in [0.29, 0.717) is 6.04 Å². The van der Waals surface area contributed by atoms with E-state index in [1.54, 1.807) is 0 Å². The van der Waals surface area contributed by atoms with Gasteiger partial charge in [0.2, 0.25) is 5.91 Å². The van der Waals surface area contributed by atoms with Crippen molar-refractivity contribution in [3.05, 3.63) is 0 Å². The van der Waals surface area contributed by atoms with Crippen molar-refractivity contribution in [3.63, 3.8) is 0 Å². The molecule has 0 aromatic rings. The Balaban J connectivity index is 2.36. The number of nitrogens with zero attached hydrogens (tertiary/aromatic N) is 1. The molecule has 100 valence electrons. The minimum absolute atomic E-state index is 0.113. The highest BCUT2D eigenvalue weighted by Crippen LogP contribution is 2.12. The van der Waals surface area contributed by atoms with Gasteiger partial charge in [-0.25, -0.2) is 0 Å². The van der Waals surface area contributed by atoms with Gasteiger partial charge in [0.15, 0.2) is 0 Å². The molecule has 1 saturated heterocycles. The zero-order valence-corrected chi connectivity index (χ0v) is 11.6. The average molecular weight is 242 g/mol. The minimum Gasteiger partial charge on any atom is -0.366 e. The van der Waals surface area contributed by atoms with Gasteiger partial charge < -0.3 is 15.0 Å². The van der Waals surface area contributed by atoms with Gasteiger partial charge in [0.1, 0.15) is 6.61 Å². The van der Waals surface area contributed by atoms with Gasteiger partial charge in [-0.05, 0) is 40.2 Å². The predicted octanol–water partition coefficient (Wildman–Crippen LogP) is 1.40. The first-order valence-electron chi connectivity index (χ1n) is 6.57. The Hall–Kier alpha value is -0.610. The van der Waals surface area contributed by atoms with Gasteiger partial charge in [0.25, 0.3) is 0 Å². The van der Waals surface area contributed by atoms with Gasteiger partial charge in [-0.2, -0.15) is 0 Å². The monoisotopic (exact) mass is 242 g/mol. The van der Waals surface area contributed by atoms with Crippen molar-refractivity contribution in [2.45, 2.75) is 52.2 Å². The second kappa shape index (κ2) is 6.36. The number of ether oxygens (including phenoxy) is 1. The molecule has 4 nitrogen and oxygen atoms in total. The van der Waals surface area contributed by atoms with Crippen LogP contribution in [0.5, 0.6) is 0 Å². The van der Waals surface area contributed by atoms with Gasteiger partial charge in [0.05, 0.1) is 5.60 Å². The van der Waals surface area contributed by atoms with Crippen LogP contribution in [0, 0.1) is 0 Å². The van der Waals surface area contributed by atoms with Crippen molar-refractivity contribution in [1.82, 2.24) is 10.2 Å². The highest BCUT2D eigenvalue weighted by Gasteiger charge is 2.24. The molecule has 1 aliphatic heterocycles. The Bertz CT molecular complexity index is 246. The lowest BCUT2D eigenvalue weighted by Gasteiger charge is -2.33. The molecule has 0 radical (unpaired) electrons. The number of piperidine rings is 1. The molecule has 0 saturated carbocycles. The fourth-order valence-corrected chi connectivity index (χ4v) is 2.03. The molecule has 0 spiro atoms. The van der Waals surface area contributed by atoms with Crippen LogP contribution in [-0.4, -0.2) is 48.7 Å². The first-order chi connectivity index (χ1) is 7.92. The van der Waals surface area contributed by atoms with Gasteiger partial charge in [0, 0.05) is 19.1 Å². The molecule has 1 aliphatic rings. The lowest BCUT2D eigenvalue weighted by molar-refractivity contribution is -0.142. The molecule has 1 N–H and O–H groups in total. The molecule has 0 aliphatic carbocycles. The summed E-state index contributed by atoms with van der Waals surface area (Å²) < 4.78 is 5.53. The van der Waals surface area contributed by atoms with Gasteiger partial charge in [-0.15, -0.1) is 0 Å². The average Bonchev–Trinajstić information content (AvgIpc) is 2.26. The molecular weight excluding hydrogens is 216 g/mol. The minimum atomic E-state index is -0.244. The molecule has 1 rings (SSSR count). The van der Waals surface area contributed by atoms with Crippen molar-refractivity contribution < 1.29 is 9.53 Å². The summed E-state index contributed by atoms with van der Waals surface area (Å²) in [6, 6.07) is 0.451. The van der Waals surface area contributed by atoms with Gasteiger partial charge >= 0.3 is 0 Å². The molecule has 0 aromatic heterocycles. The summed E-state index contributed by atoms with van der Waals surface area (Å²) in [6.45, 7) is 10.9. The number of nitrogens with one attached hydrogen (secondary N) is 1. The van der Waals surface area contributed by atoms with Crippen LogP contribution in [0.4, 0.5) is 0 Å². The normalized spacial score (nSPS) is 21.6. The maximum atomic E-state index is 12.0. The third kappa shape index (κ3) is 5.50. The maximum absolute atomic E-state index is 12.0. The number of likely N-dealkylation sites (tertiary alicyclic amines) is 1. The summed E-state index contributed by atoms with van der Waals surface area (Å²) in [6.07, 6.45) is 2.25. The topological polar surface area (TPSA) is 41.6 Å². The fourth-order valence-electron chi connectivity index (χ4n) is 2.03. The Morgan fingerprint density at radius 1 is 1.47 bits per heavy atom. The molecule has 1 atom stereocenters. The van der Waals surface area contributed by atoms with Crippen LogP contribution >= 0.6 is 0 Å². The summed E-state index contributed by atoms with van der Waals surface area (Å²) in [4.78, 5) is 13.9. The van der Waals surface area contributed by atoms with E-state index in [0.717, 1.165) is 32.5 Å². The standard InChI is InChI=1S/C13H26N2O2/c1-5-14-11-7-6-8-15(9-11)12(16)10-17-13(2,3)4/h11,14H,5-10H2,1-4H3. The summed E-state index contributed by atoms with van der Waals surface area (Å²) in [5.74, 6) is 0.113. The lowest BCUT2D eigenvalue weighted by atomic mass is 10.1. The Kier molecular flexibility index (Phi) is 5.40. The quantitative estimate of drug-likeness (QED) is 0.810. The SMILES string of the molecule is CCNC1CCCN(C(=O)COC(C)(C)C)C1. The summed E-state index contributed by atoms with van der Waals surface area (Å²) >= 11 is 0. The number of amides is 1. The first kappa shape index (κ1) is 14.5. The predicted molar refractivity (Wildman–Crippen MR) is 69.0 cm³/mol. The van der Waals surface area contributed by atoms with E-state index >= 15 is 0 Å². The Labute approximate surface area is 105 Å². The van der Waals surface area contributed by atoms with Crippen molar-refractivity contribution in [3.8, 4) is 0 Å². The van der Waals surface area contributed by atoms with Gasteiger partial charge in [-0.3, -0.25) is 4.79 Å². The number of rotatable bonds is 4. The number of likely N-dealkylation sites (N-methyl/N-ethyl adjacent to an activating group) is 1. The van der Waals surface area contributed by atoms with Crippen molar-refractivity contribution in [2.24, 2.45) is 0 Å². The van der Waals surface area contributed by atoms with Crippen molar-refractivity contribution in [1.29, 1.82) is 0 Å². The van der Waals surface area contributed by atoms with E-state index in [1.807, 2.05) is 25.7 Å². The van der Waals surface area contributed by atoms with Crippen molar-refractivity contribution >= 4 is 5.91 Å². The third-order valence-electron chi connectivity index (χ3n) is 2.90. The van der Waals surface area contributed by atoms with Gasteiger partial charge in [-0.1, -0.05) is 6.92 Å². The molecular formula is C13H26N2O2. The number of hydrogen-bond acceptors (Lipinski definition) is 3. The molecule has 0 aromatic carbocycles. The third-order valence-corrected chi connectivity index (χ3v) is 2.90. The molecule has 1 fully saturated rings. The van der Waals surface area contributed by atoms with Crippen LogP contribution in [0.3, 0.4) is 0 Å². The van der Waals surface area contributed by atoms with Crippen LogP contribution in [0.15, 0.2) is 0 Å². The summed E-state index contributed by atoms with van der Waals surface area (Å²) in [7, 11) is 0. The Morgan fingerprint density at radius 2 is 2.18 bits per heavy atom. The van der Waals surface area contributed by atoms with Crippen LogP contribution in [-0.2, 0) is 9.53 Å². The molecule has 1 unspecified atom stereocenters. The maximum Gasteiger partial charge on any atom is 0.248 e. The van der Waals surface area contributed by atoms with Crippen LogP contribution < -0.4 is 5.32 Å². The highest BCUT2D eigenvalue weighted by atomic mass is 16.5. The van der Waals surface area contributed by atoms with E-state index in [1.165, 1.54) is 0 Å². The zero-order valence-electron chi connectivity index (χ0n) is 11.6. The molecule has 1 amide bonds. The molecule has 0 bridgehead atoms. The smallest absolute Gasteiger partial charge is 0.248 e. The number of hydrogen-bond donors (Lipinski definition) is 1. The highest BCUT2D eigenvalue weighted by molar-refractivity contribution is 5.77. The zero-order chi connectivity index (χ0) is 12.9. The molecule has 4 heteroatoms. The van der Waals surface area contributed by atoms with Crippen LogP contribution in [0.25, 0.3) is 0 Å². The second-order valence-corrected chi connectivity index (χ2v) is 5.64. The second-order valence-electron chi connectivity index (χ2n) is 5.64. The summed E-state index contributed by atoms with van der Waals surface area (Å²) in [5, 5.41) is 3.41. The van der Waals surface area contributed by atoms with E-state index in [2.05, 4.69) is 12.2 Å². The Morgan fingerprint density at radius 3 is 2.76 bits per heavy atom. The molecule has 1 heterocycles. The van der Waals surface area contributed by atoms with E-state index < -0.39 is 0 Å². The van der Waals surface area contributed by atoms with Crippen molar-refractivity contribution in [2.75, 3.05) is 26.2 Å². The largest absolute Gasteiger partial charge is 0.366 e. The van der Waals surface area contributed by atoms with Crippen LogP contribution in [0.2, 0.25) is 0 Å². The fraction of sp³-hybridized carbons (Fsp3) is 0.923. The molecule has 17 heavy (non-hydrogen) atoms. The van der Waals surface area contributed by atoms with E-state index in [9.17, 15) is 4.79 Å². The van der Waals surface area contributed by atoms with E-state index in [4.69, 9.17) is 4.74 Å². The van der Waals surface area contributed by atoms with E-state index in [-0.39, 0.29) is 18.1 Å².